The van der Waals surface area contributed by atoms with E-state index in [9.17, 15) is 20.1 Å². The Morgan fingerprint density at radius 3 is 2.55 bits per heavy atom. The van der Waals surface area contributed by atoms with Crippen molar-refractivity contribution in [2.45, 2.75) is 56.8 Å². The molecule has 0 aromatic heterocycles. The van der Waals surface area contributed by atoms with Gasteiger partial charge in [-0.05, 0) is 6.92 Å². The van der Waals surface area contributed by atoms with Crippen LogP contribution in [0.3, 0.4) is 0 Å². The molecule has 1 fully saturated rings. The van der Waals surface area contributed by atoms with Gasteiger partial charge in [-0.1, -0.05) is 0 Å². The molecule has 1 aliphatic heterocycles. The fraction of sp³-hybridized carbons (Fsp3) is 0.909. The molecule has 0 saturated carbocycles. The Morgan fingerprint density at radius 2 is 2.10 bits per heavy atom. The van der Waals surface area contributed by atoms with E-state index >= 15 is 0 Å². The highest BCUT2D eigenvalue weighted by molar-refractivity contribution is 5.73. The molecule has 0 bridgehead atoms. The minimum absolute atomic E-state index is 0.457. The van der Waals surface area contributed by atoms with Crippen molar-refractivity contribution in [3.05, 3.63) is 0 Å². The number of rotatable bonds is 5. The van der Waals surface area contributed by atoms with Crippen LogP contribution < -0.4 is 11.1 Å². The predicted molar refractivity (Wildman–Crippen MR) is 66.1 cm³/mol. The standard InChI is InChI=1S/C11H22N2O7/c1-4(10(12)17)19-9-7(13-5(2)15)11(18)20-6(3-14)8(9)16/h4,6-11,14,16-18H,3,12H2,1-2H3,(H,13,15)/t4-,6-,7-,8-,9-,10-,11+/m1/s1. The maximum Gasteiger partial charge on any atom is 0.217 e. The zero-order valence-electron chi connectivity index (χ0n) is 11.3. The summed E-state index contributed by atoms with van der Waals surface area (Å²) in [6, 6.07) is -1.05. The monoisotopic (exact) mass is 294 g/mol. The van der Waals surface area contributed by atoms with Crippen molar-refractivity contribution >= 4 is 5.91 Å². The van der Waals surface area contributed by atoms with E-state index in [1.54, 1.807) is 0 Å². The number of aliphatic hydroxyl groups excluding tert-OH is 4. The van der Waals surface area contributed by atoms with Crippen LogP contribution in [0.25, 0.3) is 0 Å². The van der Waals surface area contributed by atoms with Crippen molar-refractivity contribution in [1.29, 1.82) is 0 Å². The predicted octanol–water partition coefficient (Wildman–Crippen LogP) is -3.39. The summed E-state index contributed by atoms with van der Waals surface area (Å²) in [5.41, 5.74) is 5.27. The van der Waals surface area contributed by atoms with Gasteiger partial charge in [0.05, 0.1) is 12.7 Å². The summed E-state index contributed by atoms with van der Waals surface area (Å²) in [5.74, 6) is -0.457. The van der Waals surface area contributed by atoms with E-state index < -0.39 is 55.5 Å². The van der Waals surface area contributed by atoms with Crippen LogP contribution in [0.5, 0.6) is 0 Å². The molecule has 9 heteroatoms. The fourth-order valence-corrected chi connectivity index (χ4v) is 1.96. The van der Waals surface area contributed by atoms with E-state index in [2.05, 4.69) is 5.32 Å². The minimum Gasteiger partial charge on any atom is -0.394 e. The van der Waals surface area contributed by atoms with Crippen LogP contribution in [0.4, 0.5) is 0 Å². The Balaban J connectivity index is 2.90. The number of carbonyl (C=O) groups excluding carboxylic acids is 1. The van der Waals surface area contributed by atoms with Crippen LogP contribution >= 0.6 is 0 Å². The van der Waals surface area contributed by atoms with Crippen molar-refractivity contribution in [3.63, 3.8) is 0 Å². The topological polar surface area (TPSA) is 154 Å². The average Bonchev–Trinajstić information content (AvgIpc) is 2.36. The molecule has 0 aliphatic carbocycles. The number of nitrogens with two attached hydrogens (primary N) is 1. The highest BCUT2D eigenvalue weighted by atomic mass is 16.6. The van der Waals surface area contributed by atoms with E-state index in [-0.39, 0.29) is 0 Å². The van der Waals surface area contributed by atoms with Gasteiger partial charge in [0.2, 0.25) is 5.91 Å². The molecule has 0 radical (unpaired) electrons. The van der Waals surface area contributed by atoms with E-state index in [0.29, 0.717) is 0 Å². The third-order valence-electron chi connectivity index (χ3n) is 3.10. The summed E-state index contributed by atoms with van der Waals surface area (Å²) in [6.07, 6.45) is -7.08. The van der Waals surface area contributed by atoms with E-state index in [1.807, 2.05) is 0 Å². The fourth-order valence-electron chi connectivity index (χ4n) is 1.96. The molecule has 0 spiro atoms. The lowest BCUT2D eigenvalue weighted by Gasteiger charge is -2.43. The van der Waals surface area contributed by atoms with Gasteiger partial charge < -0.3 is 41.0 Å². The van der Waals surface area contributed by atoms with Crippen LogP contribution in [-0.2, 0) is 14.3 Å². The number of amides is 1. The first-order valence-corrected chi connectivity index (χ1v) is 6.26. The van der Waals surface area contributed by atoms with Gasteiger partial charge >= 0.3 is 0 Å². The first-order chi connectivity index (χ1) is 9.27. The first kappa shape index (κ1) is 17.2. The van der Waals surface area contributed by atoms with Gasteiger partial charge in [0.1, 0.15) is 30.6 Å². The Bertz CT molecular complexity index is 328. The molecule has 118 valence electrons. The number of hydrogen-bond acceptors (Lipinski definition) is 8. The SMILES string of the molecule is CC(=O)N[C@@H]1[C@@H](O[C@H](C)[C@H](N)O)[C@H](O)[C@@H](CO)O[C@@H]1O. The van der Waals surface area contributed by atoms with Gasteiger partial charge in [-0.15, -0.1) is 0 Å². The summed E-state index contributed by atoms with van der Waals surface area (Å²) in [5, 5.41) is 40.6. The lowest BCUT2D eigenvalue weighted by atomic mass is 9.96. The summed E-state index contributed by atoms with van der Waals surface area (Å²) < 4.78 is 10.4. The quantitative estimate of drug-likeness (QED) is 0.287. The largest absolute Gasteiger partial charge is 0.394 e. The number of nitrogens with one attached hydrogen (secondary N) is 1. The summed E-state index contributed by atoms with van der Waals surface area (Å²) in [4.78, 5) is 11.1. The summed E-state index contributed by atoms with van der Waals surface area (Å²) in [6.45, 7) is 2.16. The smallest absolute Gasteiger partial charge is 0.217 e. The second-order valence-corrected chi connectivity index (χ2v) is 4.76. The average molecular weight is 294 g/mol. The van der Waals surface area contributed by atoms with Crippen LogP contribution in [0.2, 0.25) is 0 Å². The van der Waals surface area contributed by atoms with E-state index in [1.165, 1.54) is 13.8 Å². The van der Waals surface area contributed by atoms with Gasteiger partial charge in [-0.3, -0.25) is 4.79 Å². The van der Waals surface area contributed by atoms with E-state index in [4.69, 9.17) is 20.3 Å². The summed E-state index contributed by atoms with van der Waals surface area (Å²) in [7, 11) is 0. The normalized spacial score (nSPS) is 37.2. The third-order valence-corrected chi connectivity index (χ3v) is 3.10. The zero-order valence-corrected chi connectivity index (χ0v) is 11.3. The Morgan fingerprint density at radius 1 is 1.50 bits per heavy atom. The highest BCUT2D eigenvalue weighted by Crippen LogP contribution is 2.23. The Hall–Kier alpha value is -0.810. The maximum atomic E-state index is 11.1. The van der Waals surface area contributed by atoms with E-state index in [0.717, 1.165) is 0 Å². The lowest BCUT2D eigenvalue weighted by molar-refractivity contribution is -0.271. The van der Waals surface area contributed by atoms with Gasteiger partial charge in [-0.2, -0.15) is 0 Å². The van der Waals surface area contributed by atoms with Crippen molar-refractivity contribution in [2.24, 2.45) is 5.73 Å². The molecule has 1 heterocycles. The molecular weight excluding hydrogens is 272 g/mol. The maximum absolute atomic E-state index is 11.1. The Kier molecular flexibility index (Phi) is 6.27. The molecule has 1 saturated heterocycles. The Labute approximate surface area is 116 Å². The van der Waals surface area contributed by atoms with Crippen molar-refractivity contribution in [1.82, 2.24) is 5.32 Å². The molecule has 7 N–H and O–H groups in total. The van der Waals surface area contributed by atoms with Gasteiger partial charge in [0.25, 0.3) is 0 Å². The molecule has 1 aliphatic rings. The van der Waals surface area contributed by atoms with Gasteiger partial charge in [0.15, 0.2) is 6.29 Å². The highest BCUT2D eigenvalue weighted by Gasteiger charge is 2.46. The molecule has 7 atom stereocenters. The molecular formula is C11H22N2O7. The molecule has 1 rings (SSSR count). The number of aliphatic hydroxyl groups is 4. The minimum atomic E-state index is -1.47. The number of ether oxygens (including phenoxy) is 2. The molecule has 0 aromatic rings. The second-order valence-electron chi connectivity index (χ2n) is 4.76. The molecule has 0 unspecified atom stereocenters. The first-order valence-electron chi connectivity index (χ1n) is 6.26. The third kappa shape index (κ3) is 4.09. The van der Waals surface area contributed by atoms with Gasteiger partial charge in [-0.25, -0.2) is 0 Å². The van der Waals surface area contributed by atoms with Crippen molar-refractivity contribution < 1.29 is 34.7 Å². The van der Waals surface area contributed by atoms with Crippen LogP contribution in [0.15, 0.2) is 0 Å². The molecule has 1 amide bonds. The summed E-state index contributed by atoms with van der Waals surface area (Å²) >= 11 is 0. The van der Waals surface area contributed by atoms with Gasteiger partial charge in [0, 0.05) is 6.92 Å². The molecule has 0 aromatic carbocycles. The molecule has 9 nitrogen and oxygen atoms in total. The lowest BCUT2D eigenvalue weighted by Crippen LogP contribution is -2.65. The zero-order chi connectivity index (χ0) is 15.4. The van der Waals surface area contributed by atoms with Crippen LogP contribution in [-0.4, -0.2) is 75.9 Å². The molecule has 20 heavy (non-hydrogen) atoms. The van der Waals surface area contributed by atoms with Crippen molar-refractivity contribution in [2.75, 3.05) is 6.61 Å². The number of carbonyl (C=O) groups is 1. The second kappa shape index (κ2) is 7.27. The number of hydrogen-bond donors (Lipinski definition) is 6. The van der Waals surface area contributed by atoms with Crippen LogP contribution in [0, 0.1) is 0 Å². The van der Waals surface area contributed by atoms with Crippen molar-refractivity contribution in [3.8, 4) is 0 Å². The van der Waals surface area contributed by atoms with Crippen LogP contribution in [0.1, 0.15) is 13.8 Å².